The third-order valence-electron chi connectivity index (χ3n) is 3.66. The summed E-state index contributed by atoms with van der Waals surface area (Å²) in [5.74, 6) is -2.05. The van der Waals surface area contributed by atoms with E-state index in [9.17, 15) is 13.6 Å². The number of nitrogen functional groups attached to an aromatic ring is 1. The molecular weight excluding hydrogens is 266 g/mol. The van der Waals surface area contributed by atoms with Crippen LogP contribution >= 0.6 is 0 Å². The monoisotopic (exact) mass is 284 g/mol. The SMILES string of the molecule is CC(NC(=O)c1cc(N)c(F)cc1F)C1CCOCC1. The third-order valence-corrected chi connectivity index (χ3v) is 3.66. The average molecular weight is 284 g/mol. The van der Waals surface area contributed by atoms with Crippen LogP contribution in [0.1, 0.15) is 30.1 Å². The minimum Gasteiger partial charge on any atom is -0.396 e. The van der Waals surface area contributed by atoms with Crippen LogP contribution in [0.4, 0.5) is 14.5 Å². The van der Waals surface area contributed by atoms with Crippen LogP contribution in [0.15, 0.2) is 12.1 Å². The Bertz CT molecular complexity index is 502. The van der Waals surface area contributed by atoms with Crippen LogP contribution in [0.3, 0.4) is 0 Å². The van der Waals surface area contributed by atoms with Gasteiger partial charge in [-0.3, -0.25) is 4.79 Å². The normalized spacial score (nSPS) is 17.8. The predicted octanol–water partition coefficient (Wildman–Crippen LogP) is 2.09. The number of hydrogen-bond donors (Lipinski definition) is 2. The van der Waals surface area contributed by atoms with E-state index < -0.39 is 17.5 Å². The summed E-state index contributed by atoms with van der Waals surface area (Å²) >= 11 is 0. The first-order valence-corrected chi connectivity index (χ1v) is 6.62. The van der Waals surface area contributed by atoms with Gasteiger partial charge in [-0.15, -0.1) is 0 Å². The number of nitrogens with one attached hydrogen (secondary N) is 1. The molecule has 0 radical (unpaired) electrons. The Hall–Kier alpha value is -1.69. The quantitative estimate of drug-likeness (QED) is 0.835. The first-order valence-electron chi connectivity index (χ1n) is 6.62. The molecule has 0 bridgehead atoms. The molecule has 1 saturated heterocycles. The third kappa shape index (κ3) is 3.25. The number of carbonyl (C=O) groups is 1. The van der Waals surface area contributed by atoms with Gasteiger partial charge in [-0.1, -0.05) is 0 Å². The molecule has 3 N–H and O–H groups in total. The van der Waals surface area contributed by atoms with Crippen molar-refractivity contribution in [1.82, 2.24) is 5.32 Å². The highest BCUT2D eigenvalue weighted by Crippen LogP contribution is 2.20. The van der Waals surface area contributed by atoms with Crippen molar-refractivity contribution in [3.05, 3.63) is 29.3 Å². The van der Waals surface area contributed by atoms with Gasteiger partial charge in [-0.05, 0) is 31.7 Å². The second kappa shape index (κ2) is 6.17. The molecule has 0 saturated carbocycles. The molecule has 110 valence electrons. The minimum atomic E-state index is -0.909. The van der Waals surface area contributed by atoms with Crippen molar-refractivity contribution in [3.63, 3.8) is 0 Å². The second-order valence-corrected chi connectivity index (χ2v) is 5.07. The lowest BCUT2D eigenvalue weighted by molar-refractivity contribution is 0.0537. The molecule has 6 heteroatoms. The topological polar surface area (TPSA) is 64.4 Å². The lowest BCUT2D eigenvalue weighted by atomic mass is 9.92. The smallest absolute Gasteiger partial charge is 0.254 e. The highest BCUT2D eigenvalue weighted by molar-refractivity contribution is 5.95. The Morgan fingerprint density at radius 1 is 1.35 bits per heavy atom. The number of benzene rings is 1. The van der Waals surface area contributed by atoms with Crippen molar-refractivity contribution in [2.45, 2.75) is 25.8 Å². The number of halogens is 2. The Kier molecular flexibility index (Phi) is 4.54. The van der Waals surface area contributed by atoms with Crippen LogP contribution < -0.4 is 11.1 Å². The van der Waals surface area contributed by atoms with Gasteiger partial charge < -0.3 is 15.8 Å². The summed E-state index contributed by atoms with van der Waals surface area (Å²) in [6.07, 6.45) is 1.71. The summed E-state index contributed by atoms with van der Waals surface area (Å²) in [6, 6.07) is 1.55. The molecule has 2 rings (SSSR count). The molecule has 1 heterocycles. The summed E-state index contributed by atoms with van der Waals surface area (Å²) in [4.78, 5) is 12.0. The lowest BCUT2D eigenvalue weighted by Crippen LogP contribution is -2.40. The fourth-order valence-corrected chi connectivity index (χ4v) is 2.36. The standard InChI is InChI=1S/C14H18F2N2O2/c1-8(9-2-4-20-5-3-9)18-14(19)10-6-13(17)12(16)7-11(10)15/h6-9H,2-5,17H2,1H3,(H,18,19). The molecule has 1 aliphatic rings. The van der Waals surface area contributed by atoms with Gasteiger partial charge in [0.2, 0.25) is 0 Å². The molecule has 20 heavy (non-hydrogen) atoms. The Morgan fingerprint density at radius 3 is 2.65 bits per heavy atom. The Labute approximate surface area is 116 Å². The van der Waals surface area contributed by atoms with Crippen LogP contribution in [-0.4, -0.2) is 25.2 Å². The van der Waals surface area contributed by atoms with E-state index in [0.717, 1.165) is 18.9 Å². The van der Waals surface area contributed by atoms with Gasteiger partial charge in [0.05, 0.1) is 11.3 Å². The van der Waals surface area contributed by atoms with Gasteiger partial charge >= 0.3 is 0 Å². The molecule has 1 unspecified atom stereocenters. The minimum absolute atomic E-state index is 0.0999. The zero-order valence-corrected chi connectivity index (χ0v) is 11.3. The maximum absolute atomic E-state index is 13.6. The fourth-order valence-electron chi connectivity index (χ4n) is 2.36. The summed E-state index contributed by atoms with van der Waals surface area (Å²) < 4.78 is 31.9. The van der Waals surface area contributed by atoms with Crippen LogP contribution in [0.5, 0.6) is 0 Å². The molecule has 1 atom stereocenters. The number of hydrogen-bond acceptors (Lipinski definition) is 3. The number of ether oxygens (including phenoxy) is 1. The van der Waals surface area contributed by atoms with E-state index in [0.29, 0.717) is 25.2 Å². The second-order valence-electron chi connectivity index (χ2n) is 5.07. The zero-order valence-electron chi connectivity index (χ0n) is 11.3. The summed E-state index contributed by atoms with van der Waals surface area (Å²) in [5, 5.41) is 2.74. The van der Waals surface area contributed by atoms with Gasteiger partial charge in [-0.25, -0.2) is 8.78 Å². The molecular formula is C14H18F2N2O2. The Morgan fingerprint density at radius 2 is 2.00 bits per heavy atom. The number of amides is 1. The van der Waals surface area contributed by atoms with E-state index in [1.165, 1.54) is 0 Å². The number of anilines is 1. The van der Waals surface area contributed by atoms with E-state index in [4.69, 9.17) is 10.5 Å². The van der Waals surface area contributed by atoms with E-state index in [2.05, 4.69) is 5.32 Å². The van der Waals surface area contributed by atoms with Crippen molar-refractivity contribution in [2.24, 2.45) is 5.92 Å². The zero-order chi connectivity index (χ0) is 14.7. The molecule has 1 fully saturated rings. The first-order chi connectivity index (χ1) is 9.49. The lowest BCUT2D eigenvalue weighted by Gasteiger charge is -2.28. The fraction of sp³-hybridized carbons (Fsp3) is 0.500. The van der Waals surface area contributed by atoms with E-state index in [1.807, 2.05) is 6.92 Å². The van der Waals surface area contributed by atoms with Crippen molar-refractivity contribution in [2.75, 3.05) is 18.9 Å². The average Bonchev–Trinajstić information content (AvgIpc) is 2.43. The summed E-state index contributed by atoms with van der Waals surface area (Å²) in [5.41, 5.74) is 4.89. The van der Waals surface area contributed by atoms with E-state index in [1.54, 1.807) is 0 Å². The molecule has 1 aliphatic heterocycles. The van der Waals surface area contributed by atoms with Crippen molar-refractivity contribution in [1.29, 1.82) is 0 Å². The van der Waals surface area contributed by atoms with Crippen LogP contribution in [0.2, 0.25) is 0 Å². The van der Waals surface area contributed by atoms with Gasteiger partial charge in [0.25, 0.3) is 5.91 Å². The molecule has 0 aliphatic carbocycles. The van der Waals surface area contributed by atoms with E-state index in [-0.39, 0.29) is 17.3 Å². The maximum atomic E-state index is 13.6. The van der Waals surface area contributed by atoms with Crippen molar-refractivity contribution in [3.8, 4) is 0 Å². The molecule has 4 nitrogen and oxygen atoms in total. The number of nitrogens with two attached hydrogens (primary N) is 1. The largest absolute Gasteiger partial charge is 0.396 e. The summed E-state index contributed by atoms with van der Waals surface area (Å²) in [6.45, 7) is 3.21. The van der Waals surface area contributed by atoms with Gasteiger partial charge in [0, 0.05) is 25.3 Å². The molecule has 1 amide bonds. The maximum Gasteiger partial charge on any atom is 0.254 e. The van der Waals surface area contributed by atoms with Crippen molar-refractivity contribution < 1.29 is 18.3 Å². The van der Waals surface area contributed by atoms with Crippen molar-refractivity contribution >= 4 is 11.6 Å². The molecule has 1 aromatic carbocycles. The highest BCUT2D eigenvalue weighted by Gasteiger charge is 2.23. The predicted molar refractivity (Wildman–Crippen MR) is 71.2 cm³/mol. The molecule has 0 spiro atoms. The van der Waals surface area contributed by atoms with E-state index >= 15 is 0 Å². The Balaban J connectivity index is 2.06. The highest BCUT2D eigenvalue weighted by atomic mass is 19.1. The van der Waals surface area contributed by atoms with Gasteiger partial charge in [0.1, 0.15) is 11.6 Å². The van der Waals surface area contributed by atoms with Gasteiger partial charge in [0.15, 0.2) is 0 Å². The first kappa shape index (κ1) is 14.7. The molecule has 0 aromatic heterocycles. The van der Waals surface area contributed by atoms with Crippen LogP contribution in [-0.2, 0) is 4.74 Å². The number of carbonyl (C=O) groups excluding carboxylic acids is 1. The van der Waals surface area contributed by atoms with Gasteiger partial charge in [-0.2, -0.15) is 0 Å². The number of rotatable bonds is 3. The van der Waals surface area contributed by atoms with Crippen LogP contribution in [0, 0.1) is 17.6 Å². The summed E-state index contributed by atoms with van der Waals surface area (Å²) in [7, 11) is 0. The van der Waals surface area contributed by atoms with Crippen LogP contribution in [0.25, 0.3) is 0 Å². The molecule has 1 aromatic rings.